The zero-order valence-electron chi connectivity index (χ0n) is 9.48. The van der Waals surface area contributed by atoms with E-state index in [2.05, 4.69) is 5.32 Å². The predicted molar refractivity (Wildman–Crippen MR) is 62.5 cm³/mol. The average Bonchev–Trinajstić information content (AvgIpc) is 2.24. The maximum atomic E-state index is 9.62. The summed E-state index contributed by atoms with van der Waals surface area (Å²) in [5.74, 6) is 0.198. The van der Waals surface area contributed by atoms with E-state index in [1.807, 2.05) is 6.92 Å². The Labute approximate surface area is 95.6 Å². The third-order valence-electron chi connectivity index (χ3n) is 2.53. The molecule has 0 aliphatic carbocycles. The van der Waals surface area contributed by atoms with Crippen molar-refractivity contribution >= 4 is 0 Å². The maximum Gasteiger partial charge on any atom is 0.124 e. The summed E-state index contributed by atoms with van der Waals surface area (Å²) >= 11 is 0. The van der Waals surface area contributed by atoms with E-state index in [0.29, 0.717) is 5.56 Å². The minimum atomic E-state index is -0.111. The first kappa shape index (κ1) is 12.8. The van der Waals surface area contributed by atoms with Crippen LogP contribution in [0.25, 0.3) is 0 Å². The lowest BCUT2D eigenvalue weighted by Gasteiger charge is -2.16. The molecule has 1 aromatic rings. The van der Waals surface area contributed by atoms with Gasteiger partial charge in [0.15, 0.2) is 0 Å². The van der Waals surface area contributed by atoms with Gasteiger partial charge in [0, 0.05) is 12.6 Å². The Morgan fingerprint density at radius 2 is 1.81 bits per heavy atom. The quantitative estimate of drug-likeness (QED) is 0.554. The van der Waals surface area contributed by atoms with Crippen molar-refractivity contribution in [3.05, 3.63) is 23.8 Å². The highest BCUT2D eigenvalue weighted by molar-refractivity contribution is 5.44. The van der Waals surface area contributed by atoms with Gasteiger partial charge in [-0.1, -0.05) is 6.07 Å². The highest BCUT2D eigenvalue weighted by atomic mass is 16.3. The summed E-state index contributed by atoms with van der Waals surface area (Å²) in [6, 6.07) is 4.61. The molecule has 0 spiro atoms. The van der Waals surface area contributed by atoms with Crippen molar-refractivity contribution < 1.29 is 15.3 Å². The molecule has 1 atom stereocenters. The lowest BCUT2D eigenvalue weighted by molar-refractivity contribution is 0.282. The molecule has 0 heterocycles. The van der Waals surface area contributed by atoms with E-state index in [4.69, 9.17) is 5.11 Å². The van der Waals surface area contributed by atoms with Gasteiger partial charge in [0.05, 0.1) is 5.56 Å². The van der Waals surface area contributed by atoms with Crippen molar-refractivity contribution in [1.82, 2.24) is 5.32 Å². The van der Waals surface area contributed by atoms with Crippen molar-refractivity contribution in [3.63, 3.8) is 0 Å². The Hall–Kier alpha value is -1.26. The topological polar surface area (TPSA) is 72.7 Å². The molecule has 1 unspecified atom stereocenters. The number of aliphatic hydroxyl groups is 1. The normalized spacial score (nSPS) is 12.6. The van der Waals surface area contributed by atoms with E-state index < -0.39 is 0 Å². The molecular weight excluding hydrogens is 206 g/mol. The fraction of sp³-hybridized carbons (Fsp3) is 0.500. The Morgan fingerprint density at radius 1 is 1.19 bits per heavy atom. The van der Waals surface area contributed by atoms with Gasteiger partial charge in [-0.3, -0.25) is 0 Å². The summed E-state index contributed by atoms with van der Waals surface area (Å²) in [5.41, 5.74) is 0.520. The van der Waals surface area contributed by atoms with Crippen LogP contribution in [0.3, 0.4) is 0 Å². The van der Waals surface area contributed by atoms with Gasteiger partial charge in [-0.05, 0) is 38.4 Å². The number of benzene rings is 1. The second kappa shape index (κ2) is 6.35. The molecule has 4 heteroatoms. The first-order chi connectivity index (χ1) is 7.66. The summed E-state index contributed by atoms with van der Waals surface area (Å²) in [4.78, 5) is 0. The molecule has 0 amide bonds. The summed E-state index contributed by atoms with van der Waals surface area (Å²) in [5, 5.41) is 31.1. The van der Waals surface area contributed by atoms with E-state index in [1.54, 1.807) is 18.2 Å². The van der Waals surface area contributed by atoms with E-state index in [1.165, 1.54) is 0 Å². The van der Waals surface area contributed by atoms with Crippen molar-refractivity contribution in [1.29, 1.82) is 0 Å². The number of nitrogens with one attached hydrogen (secondary N) is 1. The molecule has 0 aliphatic heterocycles. The fourth-order valence-electron chi connectivity index (χ4n) is 1.64. The average molecular weight is 225 g/mol. The first-order valence-electron chi connectivity index (χ1n) is 5.52. The van der Waals surface area contributed by atoms with E-state index in [-0.39, 0.29) is 24.1 Å². The zero-order valence-corrected chi connectivity index (χ0v) is 9.48. The molecule has 0 saturated heterocycles. The number of rotatable bonds is 6. The Kier molecular flexibility index (Phi) is 5.08. The summed E-state index contributed by atoms with van der Waals surface area (Å²) in [6.45, 7) is 2.82. The van der Waals surface area contributed by atoms with Crippen molar-refractivity contribution in [3.8, 4) is 11.5 Å². The van der Waals surface area contributed by atoms with Gasteiger partial charge in [0.25, 0.3) is 0 Å². The highest BCUT2D eigenvalue weighted by Crippen LogP contribution is 2.31. The molecule has 0 aliphatic rings. The molecule has 90 valence electrons. The van der Waals surface area contributed by atoms with Crippen molar-refractivity contribution in [2.24, 2.45) is 0 Å². The smallest absolute Gasteiger partial charge is 0.124 e. The van der Waals surface area contributed by atoms with Gasteiger partial charge in [0.2, 0.25) is 0 Å². The third-order valence-corrected chi connectivity index (χ3v) is 2.53. The minimum Gasteiger partial charge on any atom is -0.507 e. The van der Waals surface area contributed by atoms with Crippen molar-refractivity contribution in [2.45, 2.75) is 25.8 Å². The van der Waals surface area contributed by atoms with Crippen LogP contribution in [0.15, 0.2) is 18.2 Å². The Bertz CT molecular complexity index is 308. The maximum absolute atomic E-state index is 9.62. The van der Waals surface area contributed by atoms with Gasteiger partial charge in [0.1, 0.15) is 11.5 Å². The number of phenolic OH excluding ortho intramolecular Hbond substituents is 2. The van der Waals surface area contributed by atoms with Gasteiger partial charge < -0.3 is 20.6 Å². The van der Waals surface area contributed by atoms with Crippen LogP contribution in [0, 0.1) is 0 Å². The van der Waals surface area contributed by atoms with Crippen LogP contribution >= 0.6 is 0 Å². The lowest BCUT2D eigenvalue weighted by atomic mass is 10.1. The molecule has 0 radical (unpaired) electrons. The SMILES string of the molecule is CC(NCCCCO)c1c(O)cccc1O. The van der Waals surface area contributed by atoms with Gasteiger partial charge in [-0.2, -0.15) is 0 Å². The molecule has 4 N–H and O–H groups in total. The second-order valence-electron chi connectivity index (χ2n) is 3.82. The van der Waals surface area contributed by atoms with Gasteiger partial charge >= 0.3 is 0 Å². The summed E-state index contributed by atoms with van der Waals surface area (Å²) in [7, 11) is 0. The van der Waals surface area contributed by atoms with Crippen LogP contribution in [-0.4, -0.2) is 28.5 Å². The highest BCUT2D eigenvalue weighted by Gasteiger charge is 2.13. The fourth-order valence-corrected chi connectivity index (χ4v) is 1.64. The van der Waals surface area contributed by atoms with Crippen molar-refractivity contribution in [2.75, 3.05) is 13.2 Å². The Balaban J connectivity index is 2.55. The number of hydrogen-bond acceptors (Lipinski definition) is 4. The van der Waals surface area contributed by atoms with Gasteiger partial charge in [-0.25, -0.2) is 0 Å². The minimum absolute atomic E-state index is 0.0992. The Morgan fingerprint density at radius 3 is 2.38 bits per heavy atom. The number of aromatic hydroxyl groups is 2. The molecule has 0 bridgehead atoms. The second-order valence-corrected chi connectivity index (χ2v) is 3.82. The number of phenols is 2. The molecular formula is C12H19NO3. The van der Waals surface area contributed by atoms with Crippen LogP contribution in [0.5, 0.6) is 11.5 Å². The van der Waals surface area contributed by atoms with Gasteiger partial charge in [-0.15, -0.1) is 0 Å². The molecule has 0 fully saturated rings. The number of aliphatic hydroxyl groups excluding tert-OH is 1. The largest absolute Gasteiger partial charge is 0.507 e. The summed E-state index contributed by atoms with van der Waals surface area (Å²) < 4.78 is 0. The van der Waals surface area contributed by atoms with Crippen LogP contribution in [0.4, 0.5) is 0 Å². The predicted octanol–water partition coefficient (Wildman–Crippen LogP) is 1.52. The summed E-state index contributed by atoms with van der Waals surface area (Å²) in [6.07, 6.45) is 1.63. The number of hydrogen-bond donors (Lipinski definition) is 4. The van der Waals surface area contributed by atoms with E-state index in [9.17, 15) is 10.2 Å². The van der Waals surface area contributed by atoms with Crippen LogP contribution in [-0.2, 0) is 0 Å². The third kappa shape index (κ3) is 3.40. The zero-order chi connectivity index (χ0) is 12.0. The first-order valence-corrected chi connectivity index (χ1v) is 5.52. The van der Waals surface area contributed by atoms with Crippen LogP contribution in [0.2, 0.25) is 0 Å². The molecule has 16 heavy (non-hydrogen) atoms. The molecule has 0 saturated carbocycles. The molecule has 1 rings (SSSR count). The van der Waals surface area contributed by atoms with Crippen LogP contribution in [0.1, 0.15) is 31.4 Å². The standard InChI is InChI=1S/C12H19NO3/c1-9(13-7-2-3-8-14)12-10(15)5-4-6-11(12)16/h4-6,9,13-16H,2-3,7-8H2,1H3. The lowest BCUT2D eigenvalue weighted by Crippen LogP contribution is -2.20. The van der Waals surface area contributed by atoms with E-state index in [0.717, 1.165) is 19.4 Å². The molecule has 4 nitrogen and oxygen atoms in total. The monoisotopic (exact) mass is 225 g/mol. The number of unbranched alkanes of at least 4 members (excludes halogenated alkanes) is 1. The molecule has 0 aromatic heterocycles. The molecule has 1 aromatic carbocycles. The van der Waals surface area contributed by atoms with Crippen LogP contribution < -0.4 is 5.32 Å². The van der Waals surface area contributed by atoms with E-state index >= 15 is 0 Å².